The Bertz CT molecular complexity index is 601. The zero-order chi connectivity index (χ0) is 16.2. The van der Waals surface area contributed by atoms with Gasteiger partial charge in [-0.1, -0.05) is 19.8 Å². The van der Waals surface area contributed by atoms with Gasteiger partial charge in [-0.25, -0.2) is 4.79 Å². The van der Waals surface area contributed by atoms with E-state index >= 15 is 0 Å². The maximum Gasteiger partial charge on any atom is 0.338 e. The Morgan fingerprint density at radius 3 is 2.83 bits per heavy atom. The summed E-state index contributed by atoms with van der Waals surface area (Å²) in [5.41, 5.74) is 0.341. The molecule has 0 unspecified atom stereocenters. The number of benzene rings is 1. The Kier molecular flexibility index (Phi) is 4.69. The molecular formula is C17H21NO5. The molecule has 1 fully saturated rings. The van der Waals surface area contributed by atoms with Gasteiger partial charge < -0.3 is 19.5 Å². The summed E-state index contributed by atoms with van der Waals surface area (Å²) in [5.74, 6) is 0.788. The molecule has 1 heterocycles. The van der Waals surface area contributed by atoms with Crippen molar-refractivity contribution >= 4 is 11.9 Å². The average molecular weight is 319 g/mol. The van der Waals surface area contributed by atoms with E-state index in [1.807, 2.05) is 0 Å². The van der Waals surface area contributed by atoms with E-state index in [-0.39, 0.29) is 25.3 Å². The van der Waals surface area contributed by atoms with Gasteiger partial charge in [0.2, 0.25) is 6.79 Å². The highest BCUT2D eigenvalue weighted by Crippen LogP contribution is 2.32. The molecule has 3 rings (SSSR count). The van der Waals surface area contributed by atoms with Gasteiger partial charge in [-0.2, -0.15) is 0 Å². The number of nitrogens with one attached hydrogen (secondary N) is 1. The number of amides is 1. The number of esters is 1. The molecule has 0 aromatic heterocycles. The SMILES string of the molecule is C[C@@H]1CCCC[C@@H]1NC(=O)COC(=O)c1ccc2c(c1)OCO2. The molecule has 2 aliphatic rings. The number of hydrogen-bond acceptors (Lipinski definition) is 5. The minimum absolute atomic E-state index is 0.149. The first-order valence-electron chi connectivity index (χ1n) is 7.99. The van der Waals surface area contributed by atoms with E-state index in [4.69, 9.17) is 14.2 Å². The fraction of sp³-hybridized carbons (Fsp3) is 0.529. The van der Waals surface area contributed by atoms with Crippen molar-refractivity contribution in [1.29, 1.82) is 0 Å². The van der Waals surface area contributed by atoms with Crippen molar-refractivity contribution in [3.63, 3.8) is 0 Å². The maximum atomic E-state index is 12.0. The number of carbonyl (C=O) groups excluding carboxylic acids is 2. The largest absolute Gasteiger partial charge is 0.454 e. The van der Waals surface area contributed by atoms with Crippen LogP contribution in [0.4, 0.5) is 0 Å². The quantitative estimate of drug-likeness (QED) is 0.862. The molecule has 1 amide bonds. The Balaban J connectivity index is 1.49. The molecule has 1 aromatic carbocycles. The second-order valence-electron chi connectivity index (χ2n) is 6.08. The zero-order valence-electron chi connectivity index (χ0n) is 13.2. The summed E-state index contributed by atoms with van der Waals surface area (Å²) in [6, 6.07) is 4.99. The molecule has 0 bridgehead atoms. The lowest BCUT2D eigenvalue weighted by Crippen LogP contribution is -2.42. The summed E-state index contributed by atoms with van der Waals surface area (Å²) < 4.78 is 15.5. The molecular weight excluding hydrogens is 298 g/mol. The van der Waals surface area contributed by atoms with E-state index in [1.165, 1.54) is 6.42 Å². The highest BCUT2D eigenvalue weighted by molar-refractivity contribution is 5.92. The lowest BCUT2D eigenvalue weighted by molar-refractivity contribution is -0.125. The van der Waals surface area contributed by atoms with E-state index in [1.54, 1.807) is 18.2 Å². The van der Waals surface area contributed by atoms with Gasteiger partial charge in [0.05, 0.1) is 5.56 Å². The summed E-state index contributed by atoms with van der Waals surface area (Å²) in [6.45, 7) is 2.02. The molecule has 0 radical (unpaired) electrons. The van der Waals surface area contributed by atoms with Crippen LogP contribution in [0.1, 0.15) is 43.0 Å². The standard InChI is InChI=1S/C17H21NO5/c1-11-4-2-3-5-13(11)18-16(19)9-21-17(20)12-6-7-14-15(8-12)23-10-22-14/h6-8,11,13H,2-5,9-10H2,1H3,(H,18,19)/t11-,13+/m1/s1. The molecule has 2 atom stereocenters. The van der Waals surface area contributed by atoms with Gasteiger partial charge in [-0.3, -0.25) is 4.79 Å². The monoisotopic (exact) mass is 319 g/mol. The first kappa shape index (κ1) is 15.6. The fourth-order valence-electron chi connectivity index (χ4n) is 3.02. The van der Waals surface area contributed by atoms with E-state index < -0.39 is 5.97 Å². The van der Waals surface area contributed by atoms with Crippen molar-refractivity contribution in [3.8, 4) is 11.5 Å². The third-order valence-corrected chi connectivity index (χ3v) is 4.40. The Morgan fingerprint density at radius 1 is 1.22 bits per heavy atom. The van der Waals surface area contributed by atoms with Crippen molar-refractivity contribution in [2.75, 3.05) is 13.4 Å². The molecule has 0 spiro atoms. The van der Waals surface area contributed by atoms with Crippen molar-refractivity contribution < 1.29 is 23.8 Å². The number of carbonyl (C=O) groups is 2. The molecule has 1 N–H and O–H groups in total. The Morgan fingerprint density at radius 2 is 2.00 bits per heavy atom. The second-order valence-corrected chi connectivity index (χ2v) is 6.08. The van der Waals surface area contributed by atoms with Gasteiger partial charge in [-0.05, 0) is 37.0 Å². The molecule has 1 saturated carbocycles. The van der Waals surface area contributed by atoms with E-state index in [2.05, 4.69) is 12.2 Å². The summed E-state index contributed by atoms with van der Waals surface area (Å²) in [4.78, 5) is 24.0. The molecule has 0 saturated heterocycles. The predicted octanol–water partition coefficient (Wildman–Crippen LogP) is 2.27. The predicted molar refractivity (Wildman–Crippen MR) is 82.4 cm³/mol. The summed E-state index contributed by atoms with van der Waals surface area (Å²) >= 11 is 0. The van der Waals surface area contributed by atoms with Crippen molar-refractivity contribution in [3.05, 3.63) is 23.8 Å². The van der Waals surface area contributed by atoms with Gasteiger partial charge in [0.15, 0.2) is 18.1 Å². The maximum absolute atomic E-state index is 12.0. The number of ether oxygens (including phenoxy) is 3. The summed E-state index contributed by atoms with van der Waals surface area (Å²) in [7, 11) is 0. The van der Waals surface area contributed by atoms with E-state index in [0.717, 1.165) is 19.3 Å². The number of hydrogen-bond donors (Lipinski definition) is 1. The number of fused-ring (bicyclic) bond motifs is 1. The zero-order valence-corrected chi connectivity index (χ0v) is 13.2. The van der Waals surface area contributed by atoms with Crippen LogP contribution >= 0.6 is 0 Å². The van der Waals surface area contributed by atoms with Gasteiger partial charge in [0.25, 0.3) is 5.91 Å². The first-order valence-corrected chi connectivity index (χ1v) is 7.99. The van der Waals surface area contributed by atoms with Crippen LogP contribution in [0.25, 0.3) is 0 Å². The lowest BCUT2D eigenvalue weighted by Gasteiger charge is -2.29. The molecule has 1 aliphatic carbocycles. The summed E-state index contributed by atoms with van der Waals surface area (Å²) in [5, 5.41) is 2.96. The normalized spacial score (nSPS) is 22.5. The van der Waals surface area contributed by atoms with E-state index in [0.29, 0.717) is 23.0 Å². The Hall–Kier alpha value is -2.24. The smallest absolute Gasteiger partial charge is 0.338 e. The molecule has 23 heavy (non-hydrogen) atoms. The van der Waals surface area contributed by atoms with Crippen LogP contribution in [0.15, 0.2) is 18.2 Å². The minimum Gasteiger partial charge on any atom is -0.454 e. The van der Waals surface area contributed by atoms with Crippen LogP contribution in [0, 0.1) is 5.92 Å². The highest BCUT2D eigenvalue weighted by atomic mass is 16.7. The lowest BCUT2D eigenvalue weighted by atomic mass is 9.86. The third kappa shape index (κ3) is 3.75. The van der Waals surface area contributed by atoms with Crippen molar-refractivity contribution in [1.82, 2.24) is 5.32 Å². The third-order valence-electron chi connectivity index (χ3n) is 4.40. The Labute approximate surface area is 135 Å². The molecule has 6 heteroatoms. The van der Waals surface area contributed by atoms with Gasteiger partial charge in [-0.15, -0.1) is 0 Å². The fourth-order valence-corrected chi connectivity index (χ4v) is 3.02. The van der Waals surface area contributed by atoms with Crippen LogP contribution in [-0.2, 0) is 9.53 Å². The van der Waals surface area contributed by atoms with Crippen LogP contribution in [0.2, 0.25) is 0 Å². The summed E-state index contributed by atoms with van der Waals surface area (Å²) in [6.07, 6.45) is 4.46. The van der Waals surface area contributed by atoms with Gasteiger partial charge >= 0.3 is 5.97 Å². The van der Waals surface area contributed by atoms with E-state index in [9.17, 15) is 9.59 Å². The second kappa shape index (κ2) is 6.89. The van der Waals surface area contributed by atoms with Crippen LogP contribution in [-0.4, -0.2) is 31.3 Å². The van der Waals surface area contributed by atoms with Gasteiger partial charge in [0.1, 0.15) is 0 Å². The number of rotatable bonds is 4. The molecule has 1 aliphatic heterocycles. The molecule has 6 nitrogen and oxygen atoms in total. The minimum atomic E-state index is -0.546. The van der Waals surface area contributed by atoms with Crippen LogP contribution < -0.4 is 14.8 Å². The van der Waals surface area contributed by atoms with Gasteiger partial charge in [0, 0.05) is 6.04 Å². The van der Waals surface area contributed by atoms with Crippen molar-refractivity contribution in [2.45, 2.75) is 38.6 Å². The average Bonchev–Trinajstić information content (AvgIpc) is 3.02. The van der Waals surface area contributed by atoms with Crippen molar-refractivity contribution in [2.24, 2.45) is 5.92 Å². The molecule has 124 valence electrons. The topological polar surface area (TPSA) is 73.9 Å². The van der Waals surface area contributed by atoms with Crippen LogP contribution in [0.5, 0.6) is 11.5 Å². The first-order chi connectivity index (χ1) is 11.1. The van der Waals surface area contributed by atoms with Crippen LogP contribution in [0.3, 0.4) is 0 Å². The highest BCUT2D eigenvalue weighted by Gasteiger charge is 2.23. The molecule has 1 aromatic rings.